The van der Waals surface area contributed by atoms with E-state index < -0.39 is 0 Å². The molecule has 0 spiro atoms. The van der Waals surface area contributed by atoms with E-state index in [1.165, 1.54) is 17.8 Å². The molecular formula is C17H23FN2O2S2. The summed E-state index contributed by atoms with van der Waals surface area (Å²) in [5.74, 6) is 1.67. The van der Waals surface area contributed by atoms with Crippen molar-refractivity contribution in [3.05, 3.63) is 30.1 Å². The zero-order valence-electron chi connectivity index (χ0n) is 14.0. The molecule has 24 heavy (non-hydrogen) atoms. The van der Waals surface area contributed by atoms with Crippen LogP contribution in [0.1, 0.15) is 20.3 Å². The molecule has 1 aliphatic rings. The van der Waals surface area contributed by atoms with Crippen molar-refractivity contribution in [3.8, 4) is 0 Å². The quantitative estimate of drug-likeness (QED) is 0.750. The van der Waals surface area contributed by atoms with E-state index in [1.54, 1.807) is 34.9 Å². The van der Waals surface area contributed by atoms with Gasteiger partial charge in [0.05, 0.1) is 5.88 Å². The number of benzene rings is 1. The first kappa shape index (κ1) is 19.1. The van der Waals surface area contributed by atoms with Gasteiger partial charge < -0.3 is 10.2 Å². The third-order valence-corrected chi connectivity index (χ3v) is 5.66. The number of halogens is 1. The third kappa shape index (κ3) is 5.41. The molecular weight excluding hydrogens is 347 g/mol. The second-order valence-corrected chi connectivity index (χ2v) is 8.18. The van der Waals surface area contributed by atoms with Crippen molar-refractivity contribution >= 4 is 35.3 Å². The maximum absolute atomic E-state index is 13.6. The van der Waals surface area contributed by atoms with E-state index in [0.717, 1.165) is 0 Å². The zero-order valence-corrected chi connectivity index (χ0v) is 15.6. The van der Waals surface area contributed by atoms with Gasteiger partial charge in [-0.3, -0.25) is 9.59 Å². The maximum Gasteiger partial charge on any atom is 0.243 e. The Kier molecular flexibility index (Phi) is 7.42. The second-order valence-electron chi connectivity index (χ2n) is 6.05. The van der Waals surface area contributed by atoms with Crippen molar-refractivity contribution in [2.24, 2.45) is 5.92 Å². The highest BCUT2D eigenvalue weighted by atomic mass is 32.2. The second kappa shape index (κ2) is 9.32. The SMILES string of the molecule is CC(C)CNC(=O)C1CSCN1C(=O)CCSc1ccccc1F. The van der Waals surface area contributed by atoms with Crippen LogP contribution in [-0.2, 0) is 9.59 Å². The van der Waals surface area contributed by atoms with Crippen LogP contribution in [-0.4, -0.2) is 46.7 Å². The van der Waals surface area contributed by atoms with Gasteiger partial charge in [0.1, 0.15) is 11.9 Å². The van der Waals surface area contributed by atoms with Crippen molar-refractivity contribution in [1.29, 1.82) is 0 Å². The number of amides is 2. The lowest BCUT2D eigenvalue weighted by Crippen LogP contribution is -2.48. The van der Waals surface area contributed by atoms with Crippen molar-refractivity contribution in [2.75, 3.05) is 23.9 Å². The first-order valence-corrected chi connectivity index (χ1v) is 10.2. The number of rotatable bonds is 7. The molecule has 0 bridgehead atoms. The molecule has 0 aromatic heterocycles. The number of carbonyl (C=O) groups excluding carboxylic acids is 2. The molecule has 2 rings (SSSR count). The van der Waals surface area contributed by atoms with Crippen molar-refractivity contribution in [2.45, 2.75) is 31.2 Å². The van der Waals surface area contributed by atoms with Gasteiger partial charge in [-0.2, -0.15) is 0 Å². The summed E-state index contributed by atoms with van der Waals surface area (Å²) < 4.78 is 13.6. The Morgan fingerprint density at radius 2 is 2.17 bits per heavy atom. The van der Waals surface area contributed by atoms with Crippen LogP contribution in [0.25, 0.3) is 0 Å². The fraction of sp³-hybridized carbons (Fsp3) is 0.529. The molecule has 2 amide bonds. The Morgan fingerprint density at radius 3 is 2.88 bits per heavy atom. The first-order valence-electron chi connectivity index (χ1n) is 8.01. The Balaban J connectivity index is 1.82. The van der Waals surface area contributed by atoms with Crippen LogP contribution in [0.15, 0.2) is 29.2 Å². The predicted molar refractivity (Wildman–Crippen MR) is 97.5 cm³/mol. The van der Waals surface area contributed by atoms with Gasteiger partial charge in [0, 0.05) is 29.4 Å². The average molecular weight is 371 g/mol. The minimum absolute atomic E-state index is 0.0477. The molecule has 132 valence electrons. The average Bonchev–Trinajstić information content (AvgIpc) is 3.04. The van der Waals surface area contributed by atoms with Crippen LogP contribution in [0.3, 0.4) is 0 Å². The van der Waals surface area contributed by atoms with E-state index >= 15 is 0 Å². The van der Waals surface area contributed by atoms with Gasteiger partial charge in [-0.25, -0.2) is 4.39 Å². The Hall–Kier alpha value is -1.21. The molecule has 1 aromatic carbocycles. The minimum atomic E-state index is -0.389. The fourth-order valence-corrected chi connectivity index (χ4v) is 4.34. The van der Waals surface area contributed by atoms with E-state index in [0.29, 0.717) is 41.2 Å². The molecule has 1 heterocycles. The summed E-state index contributed by atoms with van der Waals surface area (Å²) >= 11 is 2.92. The first-order chi connectivity index (χ1) is 11.5. The van der Waals surface area contributed by atoms with Crippen LogP contribution < -0.4 is 5.32 Å². The summed E-state index contributed by atoms with van der Waals surface area (Å²) in [5.41, 5.74) is 0. The topological polar surface area (TPSA) is 49.4 Å². The highest BCUT2D eigenvalue weighted by Crippen LogP contribution is 2.25. The van der Waals surface area contributed by atoms with Gasteiger partial charge in [0.15, 0.2) is 0 Å². The monoisotopic (exact) mass is 370 g/mol. The molecule has 1 aromatic rings. The summed E-state index contributed by atoms with van der Waals surface area (Å²) in [4.78, 5) is 26.8. The van der Waals surface area contributed by atoms with Gasteiger partial charge in [-0.15, -0.1) is 23.5 Å². The summed E-state index contributed by atoms with van der Waals surface area (Å²) in [6.07, 6.45) is 0.299. The van der Waals surface area contributed by atoms with E-state index in [-0.39, 0.29) is 23.7 Å². The van der Waals surface area contributed by atoms with E-state index in [1.807, 2.05) is 13.8 Å². The fourth-order valence-electron chi connectivity index (χ4n) is 2.28. The van der Waals surface area contributed by atoms with Crippen LogP contribution in [0.2, 0.25) is 0 Å². The summed E-state index contributed by atoms with van der Waals surface area (Å²) in [7, 11) is 0. The zero-order chi connectivity index (χ0) is 17.5. The van der Waals surface area contributed by atoms with E-state index in [2.05, 4.69) is 5.32 Å². The predicted octanol–water partition coefficient (Wildman–Crippen LogP) is 2.98. The molecule has 1 aliphatic heterocycles. The maximum atomic E-state index is 13.6. The molecule has 1 N–H and O–H groups in total. The number of hydrogen-bond acceptors (Lipinski definition) is 4. The van der Waals surface area contributed by atoms with Crippen molar-refractivity contribution in [1.82, 2.24) is 10.2 Å². The van der Waals surface area contributed by atoms with Crippen LogP contribution in [0.4, 0.5) is 4.39 Å². The number of carbonyl (C=O) groups is 2. The lowest BCUT2D eigenvalue weighted by molar-refractivity contribution is -0.137. The molecule has 0 radical (unpaired) electrons. The Bertz CT molecular complexity index is 583. The Morgan fingerprint density at radius 1 is 1.42 bits per heavy atom. The minimum Gasteiger partial charge on any atom is -0.354 e. The van der Waals surface area contributed by atoms with E-state index in [4.69, 9.17) is 0 Å². The molecule has 1 unspecified atom stereocenters. The standard InChI is InChI=1S/C17H23FN2O2S2/c1-12(2)9-19-17(22)14-10-23-11-20(14)16(21)7-8-24-15-6-4-3-5-13(15)18/h3-6,12,14H,7-11H2,1-2H3,(H,19,22). The smallest absolute Gasteiger partial charge is 0.243 e. The van der Waals surface area contributed by atoms with Crippen molar-refractivity contribution in [3.63, 3.8) is 0 Å². The Labute approximate surface area is 150 Å². The number of nitrogens with one attached hydrogen (secondary N) is 1. The normalized spacial score (nSPS) is 17.3. The summed E-state index contributed by atoms with van der Waals surface area (Å²) in [6, 6.07) is 6.15. The summed E-state index contributed by atoms with van der Waals surface area (Å²) in [5, 5.41) is 2.90. The van der Waals surface area contributed by atoms with Crippen LogP contribution >= 0.6 is 23.5 Å². The summed E-state index contributed by atoms with van der Waals surface area (Å²) in [6.45, 7) is 4.68. The molecule has 0 aliphatic carbocycles. The molecule has 1 atom stereocenters. The van der Waals surface area contributed by atoms with Gasteiger partial charge in [0.2, 0.25) is 11.8 Å². The lowest BCUT2D eigenvalue weighted by Gasteiger charge is -2.23. The number of hydrogen-bond donors (Lipinski definition) is 1. The van der Waals surface area contributed by atoms with Crippen LogP contribution in [0.5, 0.6) is 0 Å². The molecule has 1 saturated heterocycles. The molecule has 0 saturated carbocycles. The third-order valence-electron chi connectivity index (χ3n) is 3.60. The van der Waals surface area contributed by atoms with Gasteiger partial charge in [-0.05, 0) is 18.1 Å². The highest BCUT2D eigenvalue weighted by Gasteiger charge is 2.34. The molecule has 7 heteroatoms. The molecule has 4 nitrogen and oxygen atoms in total. The highest BCUT2D eigenvalue weighted by molar-refractivity contribution is 7.99. The molecule has 1 fully saturated rings. The van der Waals surface area contributed by atoms with E-state index in [9.17, 15) is 14.0 Å². The number of thioether (sulfide) groups is 2. The van der Waals surface area contributed by atoms with Crippen LogP contribution in [0, 0.1) is 11.7 Å². The van der Waals surface area contributed by atoms with Gasteiger partial charge in [-0.1, -0.05) is 26.0 Å². The lowest BCUT2D eigenvalue weighted by atomic mass is 10.2. The van der Waals surface area contributed by atoms with Crippen molar-refractivity contribution < 1.29 is 14.0 Å². The van der Waals surface area contributed by atoms with Gasteiger partial charge >= 0.3 is 0 Å². The van der Waals surface area contributed by atoms with Gasteiger partial charge in [0.25, 0.3) is 0 Å². The largest absolute Gasteiger partial charge is 0.354 e. The number of nitrogens with zero attached hydrogens (tertiary/aromatic N) is 1.